The van der Waals surface area contributed by atoms with Gasteiger partial charge in [0.2, 0.25) is 0 Å². The van der Waals surface area contributed by atoms with Crippen LogP contribution in [0.4, 0.5) is 0 Å². The van der Waals surface area contributed by atoms with Crippen molar-refractivity contribution in [2.75, 3.05) is 19.6 Å². The van der Waals surface area contributed by atoms with E-state index in [4.69, 9.17) is 5.73 Å². The quantitative estimate of drug-likeness (QED) is 0.908. The van der Waals surface area contributed by atoms with E-state index in [1.807, 2.05) is 0 Å². The van der Waals surface area contributed by atoms with Gasteiger partial charge in [-0.1, -0.05) is 44.5 Å². The van der Waals surface area contributed by atoms with Crippen LogP contribution in [0.3, 0.4) is 0 Å². The largest absolute Gasteiger partial charge is 0.323 e. The smallest absolute Gasteiger partial charge is 0.0426 e. The summed E-state index contributed by atoms with van der Waals surface area (Å²) in [5, 5.41) is 0. The molecule has 0 amide bonds. The van der Waals surface area contributed by atoms with E-state index in [1.165, 1.54) is 42.6 Å². The number of rotatable bonds is 3. The van der Waals surface area contributed by atoms with E-state index in [2.05, 4.69) is 57.7 Å². The van der Waals surface area contributed by atoms with E-state index in [-0.39, 0.29) is 6.04 Å². The van der Waals surface area contributed by atoms with Gasteiger partial charge in [-0.15, -0.1) is 0 Å². The maximum Gasteiger partial charge on any atom is 0.0426 e. The fourth-order valence-corrected chi connectivity index (χ4v) is 3.60. The molecule has 2 N–H and O–H groups in total. The first-order chi connectivity index (χ1) is 9.77. The molecule has 2 heteroatoms. The summed E-state index contributed by atoms with van der Waals surface area (Å²) in [6.45, 7) is 14.8. The number of benzene rings is 1. The van der Waals surface area contributed by atoms with Gasteiger partial charge in [0.25, 0.3) is 0 Å². The summed E-state index contributed by atoms with van der Waals surface area (Å²) in [4.78, 5) is 2.55. The van der Waals surface area contributed by atoms with Gasteiger partial charge >= 0.3 is 0 Å². The number of hydrogen-bond acceptors (Lipinski definition) is 2. The highest BCUT2D eigenvalue weighted by molar-refractivity contribution is 5.32. The fourth-order valence-electron chi connectivity index (χ4n) is 3.60. The minimum atomic E-state index is 0.136. The minimum Gasteiger partial charge on any atom is -0.323 e. The Bertz CT molecular complexity index is 465. The van der Waals surface area contributed by atoms with Crippen molar-refractivity contribution in [3.63, 3.8) is 0 Å². The van der Waals surface area contributed by atoms with Crippen LogP contribution in [-0.2, 0) is 0 Å². The van der Waals surface area contributed by atoms with Gasteiger partial charge in [0.1, 0.15) is 0 Å². The molecule has 1 saturated heterocycles. The monoisotopic (exact) mass is 288 g/mol. The number of hydrogen-bond donors (Lipinski definition) is 1. The lowest BCUT2D eigenvalue weighted by Gasteiger charge is -2.39. The van der Waals surface area contributed by atoms with Crippen LogP contribution in [0.5, 0.6) is 0 Å². The van der Waals surface area contributed by atoms with Crippen molar-refractivity contribution < 1.29 is 0 Å². The van der Waals surface area contributed by atoms with Crippen LogP contribution >= 0.6 is 0 Å². The molecule has 2 rings (SSSR count). The van der Waals surface area contributed by atoms with E-state index in [1.54, 1.807) is 0 Å². The first kappa shape index (κ1) is 16.5. The zero-order valence-corrected chi connectivity index (χ0v) is 14.4. The molecular weight excluding hydrogens is 256 g/mol. The highest BCUT2D eigenvalue weighted by atomic mass is 15.1. The lowest BCUT2D eigenvalue weighted by atomic mass is 9.75. The third-order valence-electron chi connectivity index (χ3n) is 5.09. The van der Waals surface area contributed by atoms with E-state index >= 15 is 0 Å². The summed E-state index contributed by atoms with van der Waals surface area (Å²) in [5.41, 5.74) is 10.8. The van der Waals surface area contributed by atoms with Crippen LogP contribution < -0.4 is 5.73 Å². The molecule has 21 heavy (non-hydrogen) atoms. The average molecular weight is 288 g/mol. The van der Waals surface area contributed by atoms with Gasteiger partial charge in [-0.3, -0.25) is 0 Å². The van der Waals surface area contributed by atoms with Gasteiger partial charge in [-0.2, -0.15) is 0 Å². The Balaban J connectivity index is 1.91. The fraction of sp³-hybridized carbons (Fsp3) is 0.684. The summed E-state index contributed by atoms with van der Waals surface area (Å²) in [6, 6.07) is 6.75. The second-order valence-electron chi connectivity index (χ2n) is 7.91. The Hall–Kier alpha value is -0.860. The molecule has 1 heterocycles. The molecular formula is C19H32N2. The first-order valence-electron chi connectivity index (χ1n) is 8.32. The second-order valence-corrected chi connectivity index (χ2v) is 7.91. The van der Waals surface area contributed by atoms with Crippen LogP contribution in [0, 0.1) is 25.2 Å². The van der Waals surface area contributed by atoms with Crippen LogP contribution in [0.15, 0.2) is 18.2 Å². The number of piperidine rings is 1. The Labute approximate surface area is 130 Å². The summed E-state index contributed by atoms with van der Waals surface area (Å²) < 4.78 is 0. The first-order valence-corrected chi connectivity index (χ1v) is 8.32. The Morgan fingerprint density at radius 2 is 1.81 bits per heavy atom. The van der Waals surface area contributed by atoms with Crippen LogP contribution in [-0.4, -0.2) is 24.5 Å². The molecule has 0 spiro atoms. The van der Waals surface area contributed by atoms with Gasteiger partial charge in [0.05, 0.1) is 0 Å². The molecule has 0 saturated carbocycles. The highest BCUT2D eigenvalue weighted by Crippen LogP contribution is 2.34. The summed E-state index contributed by atoms with van der Waals surface area (Å²) in [7, 11) is 0. The van der Waals surface area contributed by atoms with Crippen molar-refractivity contribution in [3.8, 4) is 0 Å². The Morgan fingerprint density at radius 3 is 2.33 bits per heavy atom. The lowest BCUT2D eigenvalue weighted by Crippen LogP contribution is -2.41. The molecule has 1 atom stereocenters. The van der Waals surface area contributed by atoms with Gasteiger partial charge in [0, 0.05) is 12.6 Å². The molecule has 0 aromatic heterocycles. The molecule has 2 nitrogen and oxygen atoms in total. The van der Waals surface area contributed by atoms with Crippen molar-refractivity contribution in [1.29, 1.82) is 0 Å². The zero-order chi connectivity index (χ0) is 15.6. The summed E-state index contributed by atoms with van der Waals surface area (Å²) >= 11 is 0. The highest BCUT2D eigenvalue weighted by Gasteiger charge is 2.29. The Kier molecular flexibility index (Phi) is 5.11. The molecule has 1 aliphatic heterocycles. The van der Waals surface area contributed by atoms with Gasteiger partial charge in [-0.05, 0) is 62.2 Å². The number of aryl methyl sites for hydroxylation is 2. The zero-order valence-electron chi connectivity index (χ0n) is 14.4. The SMILES string of the molecule is Cc1ccc(C(N)CN2CCC(C(C)(C)C)CC2)c(C)c1. The minimum absolute atomic E-state index is 0.136. The van der Waals surface area contributed by atoms with Crippen LogP contribution in [0.25, 0.3) is 0 Å². The van der Waals surface area contributed by atoms with E-state index in [0.29, 0.717) is 5.41 Å². The normalized spacial score (nSPS) is 19.7. The third kappa shape index (κ3) is 4.31. The number of nitrogens with two attached hydrogens (primary N) is 1. The van der Waals surface area contributed by atoms with E-state index in [9.17, 15) is 0 Å². The number of nitrogens with zero attached hydrogens (tertiary/aromatic N) is 1. The molecule has 0 radical (unpaired) electrons. The Morgan fingerprint density at radius 1 is 1.19 bits per heavy atom. The summed E-state index contributed by atoms with van der Waals surface area (Å²) in [6.07, 6.45) is 2.62. The van der Waals surface area contributed by atoms with Crippen molar-refractivity contribution in [2.45, 2.75) is 53.5 Å². The standard InChI is InChI=1S/C19H32N2/c1-14-6-7-17(15(2)12-14)18(20)13-21-10-8-16(9-11-21)19(3,4)5/h6-7,12,16,18H,8-11,13,20H2,1-5H3. The molecule has 0 bridgehead atoms. The summed E-state index contributed by atoms with van der Waals surface area (Å²) in [5.74, 6) is 0.853. The molecule has 1 aliphatic rings. The van der Waals surface area contributed by atoms with Crippen molar-refractivity contribution >= 4 is 0 Å². The maximum atomic E-state index is 6.46. The molecule has 1 unspecified atom stereocenters. The number of likely N-dealkylation sites (tertiary alicyclic amines) is 1. The van der Waals surface area contributed by atoms with E-state index in [0.717, 1.165) is 12.5 Å². The van der Waals surface area contributed by atoms with E-state index < -0.39 is 0 Å². The molecule has 0 aliphatic carbocycles. The van der Waals surface area contributed by atoms with Crippen LogP contribution in [0.2, 0.25) is 0 Å². The van der Waals surface area contributed by atoms with Crippen molar-refractivity contribution in [1.82, 2.24) is 4.90 Å². The predicted octanol–water partition coefficient (Wildman–Crippen LogP) is 4.06. The topological polar surface area (TPSA) is 29.3 Å². The molecule has 1 fully saturated rings. The second kappa shape index (κ2) is 6.50. The molecule has 1 aromatic carbocycles. The average Bonchev–Trinajstić information content (AvgIpc) is 2.38. The lowest BCUT2D eigenvalue weighted by molar-refractivity contribution is 0.108. The predicted molar refractivity (Wildman–Crippen MR) is 91.5 cm³/mol. The molecule has 118 valence electrons. The molecule has 1 aromatic rings. The van der Waals surface area contributed by atoms with Gasteiger partial charge in [-0.25, -0.2) is 0 Å². The van der Waals surface area contributed by atoms with Crippen LogP contribution in [0.1, 0.15) is 56.3 Å². The van der Waals surface area contributed by atoms with Crippen molar-refractivity contribution in [2.24, 2.45) is 17.1 Å². The van der Waals surface area contributed by atoms with Crippen molar-refractivity contribution in [3.05, 3.63) is 34.9 Å². The third-order valence-corrected chi connectivity index (χ3v) is 5.09. The van der Waals surface area contributed by atoms with Gasteiger partial charge in [0.15, 0.2) is 0 Å². The maximum absolute atomic E-state index is 6.46. The van der Waals surface area contributed by atoms with Gasteiger partial charge < -0.3 is 10.6 Å².